The molecule has 2 aromatic rings. The molecule has 0 saturated carbocycles. The van der Waals surface area contributed by atoms with Crippen molar-refractivity contribution in [3.05, 3.63) is 52.6 Å². The summed E-state index contributed by atoms with van der Waals surface area (Å²) in [6.45, 7) is 4.23. The van der Waals surface area contributed by atoms with Crippen molar-refractivity contribution < 1.29 is 19.0 Å². The number of para-hydroxylation sites is 1. The lowest BCUT2D eigenvalue weighted by Gasteiger charge is -2.23. The van der Waals surface area contributed by atoms with Crippen LogP contribution in [0.25, 0.3) is 6.08 Å². The fourth-order valence-corrected chi connectivity index (χ4v) is 4.03. The minimum atomic E-state index is -0.104. The van der Waals surface area contributed by atoms with Gasteiger partial charge in [0.15, 0.2) is 11.5 Å². The molecule has 2 aliphatic rings. The van der Waals surface area contributed by atoms with E-state index in [0.717, 1.165) is 30.0 Å². The van der Waals surface area contributed by atoms with Crippen LogP contribution in [0.4, 0.5) is 5.69 Å². The topological polar surface area (TPSA) is 60.0 Å². The van der Waals surface area contributed by atoms with Crippen LogP contribution in [0, 0.1) is 0 Å². The van der Waals surface area contributed by atoms with Gasteiger partial charge in [0.1, 0.15) is 12.4 Å². The number of halogens is 1. The van der Waals surface area contributed by atoms with Gasteiger partial charge in [0.25, 0.3) is 5.91 Å². The van der Waals surface area contributed by atoms with Crippen molar-refractivity contribution in [2.24, 2.45) is 0 Å². The van der Waals surface area contributed by atoms with E-state index in [1.807, 2.05) is 49.4 Å². The Morgan fingerprint density at radius 2 is 2.17 bits per heavy atom. The van der Waals surface area contributed by atoms with Crippen molar-refractivity contribution in [3.63, 3.8) is 0 Å². The number of carbonyl (C=O) groups excluding carboxylic acids is 1. The zero-order chi connectivity index (χ0) is 21.1. The number of ether oxygens (including phenoxy) is 3. The lowest BCUT2D eigenvalue weighted by Crippen LogP contribution is -2.39. The van der Waals surface area contributed by atoms with Crippen LogP contribution < -0.4 is 24.4 Å². The van der Waals surface area contributed by atoms with Gasteiger partial charge in [-0.1, -0.05) is 23.7 Å². The Labute approximate surface area is 181 Å². The van der Waals surface area contributed by atoms with E-state index in [1.54, 1.807) is 7.11 Å². The van der Waals surface area contributed by atoms with Gasteiger partial charge >= 0.3 is 0 Å². The summed E-state index contributed by atoms with van der Waals surface area (Å²) < 4.78 is 16.9. The predicted molar refractivity (Wildman–Crippen MR) is 118 cm³/mol. The first-order valence-electron chi connectivity index (χ1n) is 10.1. The molecular weight excluding hydrogens is 404 g/mol. The maximum atomic E-state index is 12.8. The highest BCUT2D eigenvalue weighted by atomic mass is 35.5. The Bertz CT molecular complexity index is 976. The number of nitrogens with one attached hydrogen (secondary N) is 1. The fourth-order valence-electron chi connectivity index (χ4n) is 3.87. The third kappa shape index (κ3) is 4.19. The molecule has 2 aromatic carbocycles. The van der Waals surface area contributed by atoms with E-state index in [4.69, 9.17) is 25.8 Å². The van der Waals surface area contributed by atoms with Crippen LogP contribution in [0.15, 0.2) is 42.0 Å². The zero-order valence-corrected chi connectivity index (χ0v) is 17.9. The highest BCUT2D eigenvalue weighted by Crippen LogP contribution is 2.36. The van der Waals surface area contributed by atoms with Gasteiger partial charge in [-0.3, -0.25) is 4.79 Å². The van der Waals surface area contributed by atoms with E-state index in [1.165, 1.54) is 0 Å². The van der Waals surface area contributed by atoms with Crippen LogP contribution in [0.3, 0.4) is 0 Å². The third-order valence-corrected chi connectivity index (χ3v) is 5.54. The molecule has 1 atom stereocenters. The minimum Gasteiger partial charge on any atom is -0.495 e. The molecule has 0 spiro atoms. The summed E-state index contributed by atoms with van der Waals surface area (Å²) in [5.74, 6) is 2.06. The van der Waals surface area contributed by atoms with Crippen molar-refractivity contribution in [3.8, 4) is 17.2 Å². The van der Waals surface area contributed by atoms with E-state index >= 15 is 0 Å². The summed E-state index contributed by atoms with van der Waals surface area (Å²) in [5.41, 5.74) is 2.41. The monoisotopic (exact) mass is 428 g/mol. The number of fused-ring (bicyclic) bond motifs is 1. The number of nitrogens with zero attached hydrogens (tertiary/aromatic N) is 1. The van der Waals surface area contributed by atoms with Crippen molar-refractivity contribution in [1.29, 1.82) is 0 Å². The number of benzene rings is 2. The SMILES string of the molecule is CCOc1cccc2c1OCC(C(=O)N[C@H]1CCN(c3cc(Cl)ccc3OC)C1)=C2. The van der Waals surface area contributed by atoms with Crippen molar-refractivity contribution in [1.82, 2.24) is 5.32 Å². The summed E-state index contributed by atoms with van der Waals surface area (Å²) >= 11 is 6.16. The Hall–Kier alpha value is -2.86. The fraction of sp³-hybridized carbons (Fsp3) is 0.348. The summed E-state index contributed by atoms with van der Waals surface area (Å²) in [5, 5.41) is 3.80. The molecule has 0 bridgehead atoms. The molecule has 1 N–H and O–H groups in total. The van der Waals surface area contributed by atoms with E-state index in [0.29, 0.717) is 35.2 Å². The normalized spacial score (nSPS) is 17.6. The Morgan fingerprint density at radius 1 is 1.30 bits per heavy atom. The molecular formula is C23H25ClN2O4. The average Bonchev–Trinajstić information content (AvgIpc) is 3.22. The number of hydrogen-bond acceptors (Lipinski definition) is 5. The first kappa shape index (κ1) is 20.4. The second-order valence-corrected chi connectivity index (χ2v) is 7.72. The molecule has 2 heterocycles. The van der Waals surface area contributed by atoms with Gasteiger partial charge in [-0.2, -0.15) is 0 Å². The minimum absolute atomic E-state index is 0.0400. The van der Waals surface area contributed by atoms with Gasteiger partial charge in [0, 0.05) is 29.7 Å². The number of amides is 1. The number of anilines is 1. The molecule has 1 saturated heterocycles. The molecule has 0 aliphatic carbocycles. The summed E-state index contributed by atoms with van der Waals surface area (Å²) in [4.78, 5) is 15.0. The van der Waals surface area contributed by atoms with Crippen LogP contribution in [0.1, 0.15) is 18.9 Å². The Morgan fingerprint density at radius 3 is 2.97 bits per heavy atom. The van der Waals surface area contributed by atoms with Crippen LogP contribution in [-0.2, 0) is 4.79 Å². The molecule has 0 aromatic heterocycles. The zero-order valence-electron chi connectivity index (χ0n) is 17.1. The van der Waals surface area contributed by atoms with E-state index < -0.39 is 0 Å². The van der Waals surface area contributed by atoms with Crippen LogP contribution >= 0.6 is 11.6 Å². The smallest absolute Gasteiger partial charge is 0.250 e. The largest absolute Gasteiger partial charge is 0.495 e. The first-order chi connectivity index (χ1) is 14.6. The van der Waals surface area contributed by atoms with Crippen LogP contribution in [0.5, 0.6) is 17.2 Å². The molecule has 0 unspecified atom stereocenters. The average molecular weight is 429 g/mol. The summed E-state index contributed by atoms with van der Waals surface area (Å²) in [6.07, 6.45) is 2.73. The number of hydrogen-bond donors (Lipinski definition) is 1. The van der Waals surface area contributed by atoms with Gasteiger partial charge in [-0.05, 0) is 43.7 Å². The quantitative estimate of drug-likeness (QED) is 0.755. The number of rotatable bonds is 6. The summed E-state index contributed by atoms with van der Waals surface area (Å²) in [6, 6.07) is 11.3. The second kappa shape index (κ2) is 8.88. The van der Waals surface area contributed by atoms with Crippen molar-refractivity contribution >= 4 is 29.3 Å². The maximum absolute atomic E-state index is 12.8. The Balaban J connectivity index is 1.43. The van der Waals surface area contributed by atoms with Crippen molar-refractivity contribution in [2.45, 2.75) is 19.4 Å². The molecule has 1 fully saturated rings. The third-order valence-electron chi connectivity index (χ3n) is 5.31. The van der Waals surface area contributed by atoms with Gasteiger partial charge in [-0.25, -0.2) is 0 Å². The van der Waals surface area contributed by atoms with Gasteiger partial charge in [-0.15, -0.1) is 0 Å². The molecule has 4 rings (SSSR count). The predicted octanol–water partition coefficient (Wildman–Crippen LogP) is 3.92. The molecule has 30 heavy (non-hydrogen) atoms. The van der Waals surface area contributed by atoms with Crippen LogP contribution in [-0.4, -0.2) is 45.4 Å². The molecule has 6 nitrogen and oxygen atoms in total. The van der Waals surface area contributed by atoms with E-state index in [2.05, 4.69) is 10.2 Å². The maximum Gasteiger partial charge on any atom is 0.250 e. The second-order valence-electron chi connectivity index (χ2n) is 7.29. The highest BCUT2D eigenvalue weighted by Gasteiger charge is 2.28. The molecule has 1 amide bonds. The lowest BCUT2D eigenvalue weighted by atomic mass is 10.1. The van der Waals surface area contributed by atoms with E-state index in [9.17, 15) is 4.79 Å². The standard InChI is InChI=1S/C23H25ClN2O4/c1-3-29-21-6-4-5-15-11-16(14-30-22(15)21)23(27)25-18-9-10-26(13-18)19-12-17(24)7-8-20(19)28-2/h4-8,11-12,18H,3,9-10,13-14H2,1-2H3,(H,25,27)/t18-/m0/s1. The Kier molecular flexibility index (Phi) is 6.04. The first-order valence-corrected chi connectivity index (χ1v) is 10.5. The summed E-state index contributed by atoms with van der Waals surface area (Å²) in [7, 11) is 1.65. The molecule has 7 heteroatoms. The highest BCUT2D eigenvalue weighted by molar-refractivity contribution is 6.31. The number of methoxy groups -OCH3 is 1. The van der Waals surface area contributed by atoms with Gasteiger partial charge < -0.3 is 24.4 Å². The molecule has 0 radical (unpaired) electrons. The molecule has 2 aliphatic heterocycles. The van der Waals surface area contributed by atoms with Crippen LogP contribution in [0.2, 0.25) is 5.02 Å². The van der Waals surface area contributed by atoms with E-state index in [-0.39, 0.29) is 18.6 Å². The van der Waals surface area contributed by atoms with Gasteiger partial charge in [0.05, 0.1) is 25.0 Å². The number of carbonyl (C=O) groups is 1. The lowest BCUT2D eigenvalue weighted by molar-refractivity contribution is -0.118. The molecule has 158 valence electrons. The van der Waals surface area contributed by atoms with Gasteiger partial charge in [0.2, 0.25) is 0 Å². The van der Waals surface area contributed by atoms with Crippen molar-refractivity contribution in [2.75, 3.05) is 38.3 Å².